The Kier molecular flexibility index (Phi) is 5.97. The summed E-state index contributed by atoms with van der Waals surface area (Å²) < 4.78 is 8.54. The zero-order valence-corrected chi connectivity index (χ0v) is 21.6. The number of hydrogen-bond acceptors (Lipinski definition) is 8. The van der Waals surface area contributed by atoms with Crippen molar-refractivity contribution in [3.63, 3.8) is 0 Å². The Bertz CT molecular complexity index is 1960. The van der Waals surface area contributed by atoms with Crippen molar-refractivity contribution < 1.29 is 9.66 Å². The molecule has 0 aliphatic rings. The second-order valence-corrected chi connectivity index (χ2v) is 9.78. The zero-order valence-electron chi connectivity index (χ0n) is 20.8. The van der Waals surface area contributed by atoms with E-state index in [1.165, 1.54) is 35.1 Å². The SMILES string of the molecule is COc1ccc(-c2nn(-c3ccccc3)cc2/C=c2/sc3nc(-c4ccc(C)cc4)nn3c2=O)cc1[N+](=O)[O-]. The Balaban J connectivity index is 1.50. The predicted octanol–water partition coefficient (Wildman–Crippen LogP) is 4.44. The molecule has 6 rings (SSSR count). The molecule has 0 saturated carbocycles. The lowest BCUT2D eigenvalue weighted by molar-refractivity contribution is -0.385. The average Bonchev–Trinajstić information content (AvgIpc) is 3.64. The average molecular weight is 537 g/mol. The van der Waals surface area contributed by atoms with E-state index in [9.17, 15) is 14.9 Å². The summed E-state index contributed by atoms with van der Waals surface area (Å²) >= 11 is 1.22. The maximum absolute atomic E-state index is 13.3. The molecule has 3 aromatic heterocycles. The van der Waals surface area contributed by atoms with Crippen LogP contribution < -0.4 is 14.8 Å². The van der Waals surface area contributed by atoms with Crippen molar-refractivity contribution >= 4 is 28.1 Å². The van der Waals surface area contributed by atoms with Crippen LogP contribution in [0.5, 0.6) is 5.75 Å². The van der Waals surface area contributed by atoms with Crippen LogP contribution in [0.3, 0.4) is 0 Å². The summed E-state index contributed by atoms with van der Waals surface area (Å²) in [6.07, 6.45) is 3.50. The minimum atomic E-state index is -0.499. The second-order valence-electron chi connectivity index (χ2n) is 8.77. The molecular weight excluding hydrogens is 516 g/mol. The van der Waals surface area contributed by atoms with Gasteiger partial charge < -0.3 is 4.74 Å². The number of benzene rings is 3. The second kappa shape index (κ2) is 9.62. The number of methoxy groups -OCH3 is 1. The lowest BCUT2D eigenvalue weighted by Crippen LogP contribution is -2.23. The van der Waals surface area contributed by atoms with Crippen LogP contribution in [-0.2, 0) is 0 Å². The number of thiazole rings is 1. The van der Waals surface area contributed by atoms with Crippen LogP contribution in [0.1, 0.15) is 11.1 Å². The monoisotopic (exact) mass is 536 g/mol. The van der Waals surface area contributed by atoms with E-state index in [2.05, 4.69) is 10.1 Å². The van der Waals surface area contributed by atoms with Crippen LogP contribution in [0.15, 0.2) is 83.8 Å². The van der Waals surface area contributed by atoms with Gasteiger partial charge in [-0.1, -0.05) is 59.4 Å². The number of nitro groups is 1. The van der Waals surface area contributed by atoms with Crippen LogP contribution >= 0.6 is 11.3 Å². The van der Waals surface area contributed by atoms with Crippen molar-refractivity contribution in [2.45, 2.75) is 6.92 Å². The minimum Gasteiger partial charge on any atom is -0.490 e. The molecule has 0 aliphatic carbocycles. The Morgan fingerprint density at radius 2 is 1.74 bits per heavy atom. The quantitative estimate of drug-likeness (QED) is 0.228. The number of aromatic nitrogens is 5. The normalized spacial score (nSPS) is 11.8. The Labute approximate surface area is 225 Å². The number of para-hydroxylation sites is 1. The summed E-state index contributed by atoms with van der Waals surface area (Å²) in [7, 11) is 1.38. The van der Waals surface area contributed by atoms with Crippen LogP contribution in [-0.4, -0.2) is 36.4 Å². The summed E-state index contributed by atoms with van der Waals surface area (Å²) in [4.78, 5) is 29.5. The highest BCUT2D eigenvalue weighted by atomic mass is 32.1. The van der Waals surface area contributed by atoms with Crippen LogP contribution in [0.25, 0.3) is 39.4 Å². The number of hydrogen-bond donors (Lipinski definition) is 0. The first-order valence-corrected chi connectivity index (χ1v) is 12.7. The number of nitrogens with zero attached hydrogens (tertiary/aromatic N) is 6. The van der Waals surface area contributed by atoms with Crippen molar-refractivity contribution in [1.29, 1.82) is 0 Å². The fourth-order valence-electron chi connectivity index (χ4n) is 4.21. The number of nitro benzene ring substituents is 1. The molecule has 39 heavy (non-hydrogen) atoms. The highest BCUT2D eigenvalue weighted by Gasteiger charge is 2.20. The highest BCUT2D eigenvalue weighted by molar-refractivity contribution is 7.15. The molecule has 0 saturated heterocycles. The first kappa shape index (κ1) is 24.2. The fraction of sp³-hybridized carbons (Fsp3) is 0.0714. The lowest BCUT2D eigenvalue weighted by Gasteiger charge is -2.04. The Hall–Kier alpha value is -5.16. The third-order valence-corrected chi connectivity index (χ3v) is 7.15. The van der Waals surface area contributed by atoms with Gasteiger partial charge in [-0.05, 0) is 37.3 Å². The lowest BCUT2D eigenvalue weighted by atomic mass is 10.1. The first-order valence-electron chi connectivity index (χ1n) is 11.9. The maximum Gasteiger partial charge on any atom is 0.311 e. The van der Waals surface area contributed by atoms with Gasteiger partial charge in [-0.2, -0.15) is 14.6 Å². The summed E-state index contributed by atoms with van der Waals surface area (Å²) in [6.45, 7) is 2.00. The Morgan fingerprint density at radius 1 is 1.00 bits per heavy atom. The van der Waals surface area contributed by atoms with Gasteiger partial charge in [0.15, 0.2) is 11.6 Å². The fourth-order valence-corrected chi connectivity index (χ4v) is 5.11. The number of ether oxygens (including phenoxy) is 1. The van der Waals surface area contributed by atoms with Gasteiger partial charge in [0.25, 0.3) is 5.56 Å². The van der Waals surface area contributed by atoms with Crippen molar-refractivity contribution in [2.24, 2.45) is 0 Å². The van der Waals surface area contributed by atoms with Gasteiger partial charge in [-0.3, -0.25) is 14.9 Å². The molecule has 11 heteroatoms. The van der Waals surface area contributed by atoms with E-state index in [1.54, 1.807) is 23.0 Å². The molecule has 0 fully saturated rings. The van der Waals surface area contributed by atoms with Crippen molar-refractivity contribution in [3.05, 3.63) is 115 Å². The molecule has 3 aromatic carbocycles. The summed E-state index contributed by atoms with van der Waals surface area (Å²) in [5, 5.41) is 20.8. The van der Waals surface area contributed by atoms with Crippen molar-refractivity contribution in [3.8, 4) is 34.1 Å². The molecule has 6 aromatic rings. The molecule has 10 nitrogen and oxygen atoms in total. The van der Waals surface area contributed by atoms with E-state index in [1.807, 2.05) is 61.5 Å². The smallest absolute Gasteiger partial charge is 0.311 e. The van der Waals surface area contributed by atoms with E-state index in [4.69, 9.17) is 9.84 Å². The van der Waals surface area contributed by atoms with E-state index in [0.717, 1.165) is 16.8 Å². The summed E-state index contributed by atoms with van der Waals surface area (Å²) in [6, 6.07) is 21.9. The van der Waals surface area contributed by atoms with Crippen LogP contribution in [0, 0.1) is 17.0 Å². The molecule has 0 radical (unpaired) electrons. The molecule has 0 atom stereocenters. The number of aryl methyl sites for hydroxylation is 1. The van der Waals surface area contributed by atoms with E-state index >= 15 is 0 Å². The van der Waals surface area contributed by atoms with E-state index in [0.29, 0.717) is 32.1 Å². The molecule has 0 unspecified atom stereocenters. The summed E-state index contributed by atoms with van der Waals surface area (Å²) in [5.41, 5.74) is 3.86. The molecule has 192 valence electrons. The van der Waals surface area contributed by atoms with Gasteiger partial charge >= 0.3 is 5.69 Å². The van der Waals surface area contributed by atoms with Gasteiger partial charge in [0.2, 0.25) is 4.96 Å². The van der Waals surface area contributed by atoms with Gasteiger partial charge in [-0.25, -0.2) is 4.68 Å². The van der Waals surface area contributed by atoms with Crippen LogP contribution in [0.2, 0.25) is 0 Å². The van der Waals surface area contributed by atoms with Crippen molar-refractivity contribution in [2.75, 3.05) is 7.11 Å². The Morgan fingerprint density at radius 3 is 2.44 bits per heavy atom. The number of rotatable bonds is 6. The van der Waals surface area contributed by atoms with Crippen LogP contribution in [0.4, 0.5) is 5.69 Å². The predicted molar refractivity (Wildman–Crippen MR) is 148 cm³/mol. The van der Waals surface area contributed by atoms with E-state index in [-0.39, 0.29) is 17.0 Å². The highest BCUT2D eigenvalue weighted by Crippen LogP contribution is 2.33. The number of fused-ring (bicyclic) bond motifs is 1. The molecular formula is C28H20N6O4S. The largest absolute Gasteiger partial charge is 0.490 e. The topological polar surface area (TPSA) is 117 Å². The maximum atomic E-state index is 13.3. The molecule has 0 N–H and O–H groups in total. The third kappa shape index (κ3) is 4.44. The van der Waals surface area contributed by atoms with Gasteiger partial charge in [-0.15, -0.1) is 5.10 Å². The zero-order chi connectivity index (χ0) is 27.1. The van der Waals surface area contributed by atoms with Gasteiger partial charge in [0, 0.05) is 29.0 Å². The molecule has 0 aliphatic heterocycles. The summed E-state index contributed by atoms with van der Waals surface area (Å²) in [5.74, 6) is 0.626. The third-order valence-electron chi connectivity index (χ3n) is 6.19. The van der Waals surface area contributed by atoms with Crippen molar-refractivity contribution in [1.82, 2.24) is 24.4 Å². The molecule has 0 amide bonds. The van der Waals surface area contributed by atoms with Gasteiger partial charge in [0.1, 0.15) is 5.69 Å². The molecule has 0 spiro atoms. The standard InChI is InChI=1S/C28H20N6O4S/c1-17-8-10-18(11-9-17)26-29-28-33(31-26)27(35)24(39-28)15-20-16-32(21-6-4-3-5-7-21)30-25(20)19-12-13-23(38-2)22(14-19)34(36)37/h3-16H,1-2H3/b24-15+. The minimum absolute atomic E-state index is 0.147. The van der Waals surface area contributed by atoms with E-state index < -0.39 is 4.92 Å². The van der Waals surface area contributed by atoms with Gasteiger partial charge in [0.05, 0.1) is 22.3 Å². The first-order chi connectivity index (χ1) is 18.9. The molecule has 0 bridgehead atoms. The molecule has 3 heterocycles.